The minimum Gasteiger partial charge on any atom is -0.469 e. The Morgan fingerprint density at radius 3 is 2.32 bits per heavy atom. The second kappa shape index (κ2) is 7.30. The fourth-order valence-electron chi connectivity index (χ4n) is 2.41. The Morgan fingerprint density at radius 1 is 1.18 bits per heavy atom. The molecule has 2 atom stereocenters. The minimum absolute atomic E-state index is 0.0150. The van der Waals surface area contributed by atoms with Crippen LogP contribution in [0.5, 0.6) is 0 Å². The lowest BCUT2D eigenvalue weighted by Gasteiger charge is -2.24. The van der Waals surface area contributed by atoms with Gasteiger partial charge in [0.15, 0.2) is 0 Å². The summed E-state index contributed by atoms with van der Waals surface area (Å²) in [7, 11) is -1.87. The van der Waals surface area contributed by atoms with Crippen LogP contribution in [0.1, 0.15) is 33.6 Å². The van der Waals surface area contributed by atoms with Crippen LogP contribution < -0.4 is 5.32 Å². The highest BCUT2D eigenvalue weighted by molar-refractivity contribution is 7.91. The highest BCUT2D eigenvalue weighted by atomic mass is 32.2. The van der Waals surface area contributed by atoms with Crippen molar-refractivity contribution >= 4 is 21.9 Å². The molecular weight excluding hydrogens is 310 g/mol. The van der Waals surface area contributed by atoms with Gasteiger partial charge in [-0.15, -0.1) is 0 Å². The summed E-state index contributed by atoms with van der Waals surface area (Å²) in [5.41, 5.74) is -0.612. The normalized spacial score (nSPS) is 24.9. The van der Waals surface area contributed by atoms with Gasteiger partial charge in [0, 0.05) is 6.54 Å². The van der Waals surface area contributed by atoms with E-state index in [1.165, 1.54) is 7.11 Å². The van der Waals surface area contributed by atoms with Crippen molar-refractivity contribution in [1.29, 1.82) is 0 Å². The van der Waals surface area contributed by atoms with Gasteiger partial charge in [0.2, 0.25) is 0 Å². The molecule has 1 aliphatic heterocycles. The average Bonchev–Trinajstić information content (AvgIpc) is 2.52. The molecule has 1 fully saturated rings. The van der Waals surface area contributed by atoms with Crippen molar-refractivity contribution in [2.24, 2.45) is 11.8 Å². The second-order valence-electron chi connectivity index (χ2n) is 6.50. The Labute approximate surface area is 131 Å². The maximum absolute atomic E-state index is 11.9. The lowest BCUT2D eigenvalue weighted by molar-refractivity contribution is -0.147. The Morgan fingerprint density at radius 2 is 1.77 bits per heavy atom. The molecule has 1 N–H and O–H groups in total. The number of ether oxygens (including phenoxy) is 2. The molecule has 0 aromatic rings. The summed E-state index contributed by atoms with van der Waals surface area (Å²) in [4.78, 5) is 23.5. The molecule has 22 heavy (non-hydrogen) atoms. The summed E-state index contributed by atoms with van der Waals surface area (Å²) < 4.78 is 33.4. The van der Waals surface area contributed by atoms with Gasteiger partial charge >= 0.3 is 12.1 Å². The first-order valence-electron chi connectivity index (χ1n) is 7.29. The number of hydrogen-bond donors (Lipinski definition) is 1. The smallest absolute Gasteiger partial charge is 0.407 e. The fourth-order valence-corrected chi connectivity index (χ4v) is 3.89. The Hall–Kier alpha value is -1.31. The van der Waals surface area contributed by atoms with Crippen molar-refractivity contribution in [2.75, 3.05) is 25.2 Å². The summed E-state index contributed by atoms with van der Waals surface area (Å²) >= 11 is 0. The molecule has 0 unspecified atom stereocenters. The van der Waals surface area contributed by atoms with Crippen LogP contribution in [0.4, 0.5) is 4.79 Å². The van der Waals surface area contributed by atoms with Crippen LogP contribution >= 0.6 is 0 Å². The van der Waals surface area contributed by atoms with Gasteiger partial charge in [0.05, 0.1) is 24.5 Å². The fraction of sp³-hybridized carbons (Fsp3) is 0.857. The number of alkyl carbamates (subject to hydrolysis) is 1. The monoisotopic (exact) mass is 335 g/mol. The molecule has 0 saturated carbocycles. The number of esters is 1. The van der Waals surface area contributed by atoms with Crippen molar-refractivity contribution in [3.05, 3.63) is 0 Å². The molecule has 1 amide bonds. The summed E-state index contributed by atoms with van der Waals surface area (Å²) in [6, 6.07) is 0. The molecule has 8 heteroatoms. The molecule has 0 aromatic heterocycles. The topological polar surface area (TPSA) is 98.8 Å². The maximum atomic E-state index is 11.9. The van der Waals surface area contributed by atoms with Gasteiger partial charge in [-0.25, -0.2) is 13.2 Å². The highest BCUT2D eigenvalue weighted by Crippen LogP contribution is 2.26. The summed E-state index contributed by atoms with van der Waals surface area (Å²) in [5.74, 6) is -1.26. The van der Waals surface area contributed by atoms with E-state index in [9.17, 15) is 18.0 Å². The number of carbonyl (C=O) groups is 2. The van der Waals surface area contributed by atoms with E-state index in [4.69, 9.17) is 9.47 Å². The molecule has 1 saturated heterocycles. The molecule has 128 valence electrons. The first-order valence-corrected chi connectivity index (χ1v) is 9.11. The van der Waals surface area contributed by atoms with E-state index < -0.39 is 33.4 Å². The third kappa shape index (κ3) is 6.21. The predicted molar refractivity (Wildman–Crippen MR) is 81.1 cm³/mol. The van der Waals surface area contributed by atoms with Gasteiger partial charge < -0.3 is 14.8 Å². The van der Waals surface area contributed by atoms with Crippen LogP contribution in [0.25, 0.3) is 0 Å². The number of hydrogen-bond acceptors (Lipinski definition) is 6. The maximum Gasteiger partial charge on any atom is 0.407 e. The zero-order chi connectivity index (χ0) is 17.0. The zero-order valence-corrected chi connectivity index (χ0v) is 14.4. The molecule has 1 aliphatic rings. The minimum atomic E-state index is -3.15. The number of carbonyl (C=O) groups excluding carboxylic acids is 2. The van der Waals surface area contributed by atoms with Crippen molar-refractivity contribution in [3.8, 4) is 0 Å². The van der Waals surface area contributed by atoms with Gasteiger partial charge in [0.1, 0.15) is 15.4 Å². The number of nitrogens with one attached hydrogen (secondary N) is 1. The van der Waals surface area contributed by atoms with Crippen molar-refractivity contribution in [2.45, 2.75) is 39.2 Å². The Balaban J connectivity index is 2.70. The molecule has 1 heterocycles. The standard InChI is InChI=1S/C14H25NO6S/c1-14(2,3)21-13(17)15-9-10-5-7-22(18,19)8-6-11(10)12(16)20-4/h10-11H,5-9H2,1-4H3,(H,15,17)/t10-,11-/m0/s1. The average molecular weight is 335 g/mol. The molecule has 0 radical (unpaired) electrons. The highest BCUT2D eigenvalue weighted by Gasteiger charge is 2.35. The Bertz CT molecular complexity index is 508. The van der Waals surface area contributed by atoms with E-state index in [-0.39, 0.29) is 30.4 Å². The molecular formula is C14H25NO6S. The molecule has 0 aliphatic carbocycles. The van der Waals surface area contributed by atoms with E-state index in [1.54, 1.807) is 20.8 Å². The number of methoxy groups -OCH3 is 1. The lowest BCUT2D eigenvalue weighted by Crippen LogP contribution is -2.38. The van der Waals surface area contributed by atoms with Crippen molar-refractivity contribution < 1.29 is 27.5 Å². The van der Waals surface area contributed by atoms with Crippen LogP contribution in [-0.4, -0.2) is 51.2 Å². The van der Waals surface area contributed by atoms with Crippen LogP contribution in [-0.2, 0) is 24.1 Å². The van der Waals surface area contributed by atoms with Gasteiger partial charge in [-0.3, -0.25) is 4.79 Å². The van der Waals surface area contributed by atoms with Crippen LogP contribution in [0.2, 0.25) is 0 Å². The van der Waals surface area contributed by atoms with Crippen LogP contribution in [0.15, 0.2) is 0 Å². The zero-order valence-electron chi connectivity index (χ0n) is 13.5. The van der Waals surface area contributed by atoms with Gasteiger partial charge in [-0.1, -0.05) is 0 Å². The van der Waals surface area contributed by atoms with Gasteiger partial charge in [0.25, 0.3) is 0 Å². The molecule has 0 aromatic carbocycles. The van der Waals surface area contributed by atoms with Gasteiger partial charge in [-0.2, -0.15) is 0 Å². The van der Waals surface area contributed by atoms with Crippen LogP contribution in [0.3, 0.4) is 0 Å². The molecule has 7 nitrogen and oxygen atoms in total. The SMILES string of the molecule is COC(=O)[C@H]1CCS(=O)(=O)CC[C@H]1CNC(=O)OC(C)(C)C. The van der Waals surface area contributed by atoms with E-state index in [0.717, 1.165) is 0 Å². The van der Waals surface area contributed by atoms with E-state index in [0.29, 0.717) is 6.42 Å². The number of sulfone groups is 1. The quantitative estimate of drug-likeness (QED) is 0.776. The lowest BCUT2D eigenvalue weighted by atomic mass is 9.88. The third-order valence-electron chi connectivity index (χ3n) is 3.52. The second-order valence-corrected chi connectivity index (χ2v) is 8.81. The summed E-state index contributed by atoms with van der Waals surface area (Å²) in [6.07, 6.45) is -0.0451. The van der Waals surface area contributed by atoms with Crippen LogP contribution in [0, 0.1) is 11.8 Å². The first kappa shape index (κ1) is 18.7. The third-order valence-corrected chi connectivity index (χ3v) is 5.24. The summed E-state index contributed by atoms with van der Waals surface area (Å²) in [5, 5.41) is 2.61. The van der Waals surface area contributed by atoms with E-state index in [2.05, 4.69) is 5.32 Å². The first-order chi connectivity index (χ1) is 10.0. The predicted octanol–water partition coefficient (Wildman–Crippen LogP) is 1.13. The van der Waals surface area contributed by atoms with E-state index in [1.807, 2.05) is 0 Å². The van der Waals surface area contributed by atoms with Crippen molar-refractivity contribution in [1.82, 2.24) is 5.32 Å². The number of amides is 1. The summed E-state index contributed by atoms with van der Waals surface area (Å²) in [6.45, 7) is 5.44. The molecule has 1 rings (SSSR count). The Kier molecular flexibility index (Phi) is 6.22. The largest absolute Gasteiger partial charge is 0.469 e. The van der Waals surface area contributed by atoms with Gasteiger partial charge in [-0.05, 0) is 39.5 Å². The van der Waals surface area contributed by atoms with Crippen molar-refractivity contribution in [3.63, 3.8) is 0 Å². The molecule has 0 bridgehead atoms. The molecule has 0 spiro atoms. The van der Waals surface area contributed by atoms with E-state index >= 15 is 0 Å². The number of rotatable bonds is 3.